The van der Waals surface area contributed by atoms with E-state index >= 15 is 0 Å². The number of rotatable bonds is 6. The summed E-state index contributed by atoms with van der Waals surface area (Å²) in [4.78, 5) is 13.1. The number of nitrogens with one attached hydrogen (secondary N) is 2. The monoisotopic (exact) mass is 432 g/mol. The van der Waals surface area contributed by atoms with Crippen molar-refractivity contribution < 1.29 is 9.53 Å². The first-order chi connectivity index (χ1) is 15.4. The maximum atomic E-state index is 13.1. The number of carbonyl (C=O) groups excluding carboxylic acids is 1. The number of aryl methyl sites for hydroxylation is 2. The number of dihydropyridines is 1. The van der Waals surface area contributed by atoms with Gasteiger partial charge in [-0.15, -0.1) is 0 Å². The van der Waals surface area contributed by atoms with E-state index in [1.54, 1.807) is 0 Å². The molecule has 2 aromatic carbocycles. The van der Waals surface area contributed by atoms with Crippen molar-refractivity contribution in [2.45, 2.75) is 51.9 Å². The van der Waals surface area contributed by atoms with Crippen LogP contribution in [0.1, 0.15) is 41.5 Å². The van der Waals surface area contributed by atoms with Crippen molar-refractivity contribution in [3.05, 3.63) is 82.2 Å². The van der Waals surface area contributed by atoms with Crippen LogP contribution in [0.15, 0.2) is 59.9 Å². The average Bonchev–Trinajstić information content (AvgIpc) is 3.21. The van der Waals surface area contributed by atoms with E-state index in [0.29, 0.717) is 30.2 Å². The summed E-state index contributed by atoms with van der Waals surface area (Å²) in [5.74, 6) is 0.212. The highest BCUT2D eigenvalue weighted by Gasteiger charge is 2.31. The van der Waals surface area contributed by atoms with E-state index in [1.165, 1.54) is 11.1 Å². The first-order valence-corrected chi connectivity index (χ1v) is 11.2. The summed E-state index contributed by atoms with van der Waals surface area (Å²) in [6, 6.07) is 14.0. The van der Waals surface area contributed by atoms with E-state index in [-0.39, 0.29) is 18.1 Å². The predicted octanol–water partition coefficient (Wildman–Crippen LogP) is 3.30. The van der Waals surface area contributed by atoms with Gasteiger partial charge in [-0.3, -0.25) is 4.79 Å². The summed E-state index contributed by atoms with van der Waals surface area (Å²) >= 11 is 0. The first-order valence-electron chi connectivity index (χ1n) is 11.2. The van der Waals surface area contributed by atoms with Crippen molar-refractivity contribution in [2.75, 3.05) is 12.3 Å². The quantitative estimate of drug-likeness (QED) is 0.525. The Morgan fingerprint density at radius 3 is 2.75 bits per heavy atom. The average molecular weight is 433 g/mol. The molecule has 0 unspecified atom stereocenters. The topological polar surface area (TPSA) is 102 Å². The van der Waals surface area contributed by atoms with Crippen LogP contribution in [0, 0.1) is 13.8 Å². The molecule has 1 heterocycles. The number of carbonyl (C=O) groups is 1. The van der Waals surface area contributed by atoms with Gasteiger partial charge in [-0.25, -0.2) is 0 Å². The lowest BCUT2D eigenvalue weighted by atomic mass is 9.99. The van der Waals surface area contributed by atoms with E-state index < -0.39 is 0 Å². The van der Waals surface area contributed by atoms with Gasteiger partial charge in [-0.1, -0.05) is 30.3 Å². The summed E-state index contributed by atoms with van der Waals surface area (Å²) in [7, 11) is 0. The summed E-state index contributed by atoms with van der Waals surface area (Å²) in [6.45, 7) is 5.32. The van der Waals surface area contributed by atoms with Gasteiger partial charge in [0.15, 0.2) is 0 Å². The Morgan fingerprint density at radius 2 is 1.97 bits per heavy atom. The Bertz CT molecular complexity index is 1070. The van der Waals surface area contributed by atoms with Gasteiger partial charge in [0, 0.05) is 12.2 Å². The fourth-order valence-electron chi connectivity index (χ4n) is 4.33. The minimum absolute atomic E-state index is 0.00342. The van der Waals surface area contributed by atoms with E-state index in [1.807, 2.05) is 30.3 Å². The Balaban J connectivity index is 1.42. The molecule has 1 amide bonds. The van der Waals surface area contributed by atoms with Gasteiger partial charge >= 0.3 is 0 Å². The number of hydrogen-bond acceptors (Lipinski definition) is 5. The molecule has 0 saturated heterocycles. The van der Waals surface area contributed by atoms with Crippen molar-refractivity contribution in [1.29, 1.82) is 0 Å². The van der Waals surface area contributed by atoms with Crippen LogP contribution < -0.4 is 22.1 Å². The Hall–Kier alpha value is -3.25. The number of amides is 1. The molecule has 1 saturated carbocycles. The third kappa shape index (κ3) is 4.97. The molecule has 2 atom stereocenters. The molecular formula is C26H32N4O2. The molecule has 6 nitrogen and oxygen atoms in total. The van der Waals surface area contributed by atoms with Crippen LogP contribution in [0.2, 0.25) is 0 Å². The normalized spacial score (nSPS) is 20.6. The van der Waals surface area contributed by atoms with Gasteiger partial charge < -0.3 is 26.8 Å². The van der Waals surface area contributed by atoms with Gasteiger partial charge in [0.25, 0.3) is 5.91 Å². The van der Waals surface area contributed by atoms with Crippen molar-refractivity contribution in [1.82, 2.24) is 10.6 Å². The zero-order chi connectivity index (χ0) is 22.7. The van der Waals surface area contributed by atoms with Crippen molar-refractivity contribution in [3.8, 4) is 0 Å². The van der Waals surface area contributed by atoms with Crippen LogP contribution in [-0.4, -0.2) is 24.6 Å². The minimum Gasteiger partial charge on any atom is -0.399 e. The van der Waals surface area contributed by atoms with Gasteiger partial charge in [0.2, 0.25) is 0 Å². The van der Waals surface area contributed by atoms with E-state index in [2.05, 4.69) is 42.7 Å². The smallest absolute Gasteiger partial charge is 0.255 e. The lowest BCUT2D eigenvalue weighted by molar-refractivity contribution is -0.119. The van der Waals surface area contributed by atoms with Crippen LogP contribution in [0.5, 0.6) is 0 Å². The second kappa shape index (κ2) is 9.49. The lowest BCUT2D eigenvalue weighted by Crippen LogP contribution is -2.43. The molecule has 4 rings (SSSR count). The van der Waals surface area contributed by atoms with E-state index in [0.717, 1.165) is 36.0 Å². The molecule has 1 fully saturated rings. The third-order valence-corrected chi connectivity index (χ3v) is 6.38. The SMILES string of the molecule is Cc1ccc(CO[C@H]2CCC[C@@H]2NC(=O)C2=C(N)NCC(c3cccc(N)c3)=C2)cc1C. The highest BCUT2D eigenvalue weighted by Crippen LogP contribution is 2.26. The molecule has 6 N–H and O–H groups in total. The zero-order valence-electron chi connectivity index (χ0n) is 18.8. The predicted molar refractivity (Wildman–Crippen MR) is 128 cm³/mol. The fraction of sp³-hybridized carbons (Fsp3) is 0.346. The minimum atomic E-state index is -0.178. The van der Waals surface area contributed by atoms with Crippen LogP contribution >= 0.6 is 0 Å². The summed E-state index contributed by atoms with van der Waals surface area (Å²) < 4.78 is 6.21. The molecule has 1 aliphatic heterocycles. The van der Waals surface area contributed by atoms with Crippen molar-refractivity contribution >= 4 is 17.2 Å². The number of ether oxygens (including phenoxy) is 1. The molecule has 2 aliphatic rings. The molecule has 0 bridgehead atoms. The molecule has 168 valence electrons. The van der Waals surface area contributed by atoms with Crippen molar-refractivity contribution in [3.63, 3.8) is 0 Å². The van der Waals surface area contributed by atoms with Crippen LogP contribution in [0.3, 0.4) is 0 Å². The van der Waals surface area contributed by atoms with Crippen LogP contribution in [0.4, 0.5) is 5.69 Å². The lowest BCUT2D eigenvalue weighted by Gasteiger charge is -2.24. The number of anilines is 1. The largest absolute Gasteiger partial charge is 0.399 e. The van der Waals surface area contributed by atoms with Crippen LogP contribution in [0.25, 0.3) is 5.57 Å². The molecule has 6 heteroatoms. The molecule has 0 radical (unpaired) electrons. The third-order valence-electron chi connectivity index (χ3n) is 6.38. The van der Waals surface area contributed by atoms with E-state index in [4.69, 9.17) is 16.2 Å². The van der Waals surface area contributed by atoms with E-state index in [9.17, 15) is 4.79 Å². The summed E-state index contributed by atoms with van der Waals surface area (Å²) in [6.07, 6.45) is 4.72. The van der Waals surface area contributed by atoms with Gasteiger partial charge in [0.05, 0.1) is 24.3 Å². The molecular weight excluding hydrogens is 400 g/mol. The summed E-state index contributed by atoms with van der Waals surface area (Å²) in [5.41, 5.74) is 18.8. The number of hydrogen-bond donors (Lipinski definition) is 4. The zero-order valence-corrected chi connectivity index (χ0v) is 18.8. The molecule has 0 spiro atoms. The first kappa shape index (κ1) is 22.0. The number of benzene rings is 2. The highest BCUT2D eigenvalue weighted by molar-refractivity contribution is 6.00. The van der Waals surface area contributed by atoms with Gasteiger partial charge in [0.1, 0.15) is 5.82 Å². The second-order valence-corrected chi connectivity index (χ2v) is 8.75. The Labute approximate surface area is 189 Å². The highest BCUT2D eigenvalue weighted by atomic mass is 16.5. The molecule has 1 aliphatic carbocycles. The van der Waals surface area contributed by atoms with Crippen molar-refractivity contribution in [2.24, 2.45) is 5.73 Å². The molecule has 2 aromatic rings. The number of nitrogen functional groups attached to an aromatic ring is 1. The maximum absolute atomic E-state index is 13.1. The van der Waals surface area contributed by atoms with Crippen LogP contribution in [-0.2, 0) is 16.1 Å². The van der Waals surface area contributed by atoms with Gasteiger partial charge in [-0.05, 0) is 79.1 Å². The number of nitrogens with two attached hydrogens (primary N) is 2. The standard InChI is InChI=1S/C26H32N4O2/c1-16-9-10-18(11-17(16)2)15-32-24-8-4-7-23(24)30-26(31)22-13-20(14-29-25(22)28)19-5-3-6-21(27)12-19/h3,5-6,9-13,23-24,29H,4,7-8,14-15,27-28H2,1-2H3,(H,30,31)/t23-,24-/m0/s1. The Morgan fingerprint density at radius 1 is 1.12 bits per heavy atom. The second-order valence-electron chi connectivity index (χ2n) is 8.75. The molecule has 0 aromatic heterocycles. The summed E-state index contributed by atoms with van der Waals surface area (Å²) in [5, 5.41) is 6.29. The maximum Gasteiger partial charge on any atom is 0.255 e. The Kier molecular flexibility index (Phi) is 6.51. The van der Waals surface area contributed by atoms with Gasteiger partial charge in [-0.2, -0.15) is 0 Å². The fourth-order valence-corrected chi connectivity index (χ4v) is 4.33. The molecule has 32 heavy (non-hydrogen) atoms.